The number of ketones is 2. The number of phosphoric acid groups is 1. The van der Waals surface area contributed by atoms with Gasteiger partial charge in [-0.05, 0) is 63.4 Å². The van der Waals surface area contributed by atoms with Crippen molar-refractivity contribution in [2.24, 2.45) is 24.8 Å². The second-order valence-corrected chi connectivity index (χ2v) is 18.2. The SMILES string of the molecule is C.CNC(=O)[C@@H](CC(=O)[C@H](CO)NC(=O)[C@@H](CC(=O)[C@H](CC(C)C)NC(=O)[C@@H]1CCCN1C(C)=O)Cc1c[n+](C)cn1CCCCCCCCc1ccccc1)[C@@H](C)OP(=O)(O)O. The Hall–Kier alpha value is -4.28. The normalized spacial score (nSPS) is 16.3. The molecule has 0 radical (unpaired) electrons. The Morgan fingerprint density at radius 1 is 0.905 bits per heavy atom. The Bertz CT molecular complexity index is 1830. The summed E-state index contributed by atoms with van der Waals surface area (Å²) >= 11 is 0. The molecule has 2 heterocycles. The highest BCUT2D eigenvalue weighted by Gasteiger charge is 2.38. The van der Waals surface area contributed by atoms with Crippen LogP contribution in [-0.4, -0.2) is 104 Å². The van der Waals surface area contributed by atoms with Crippen LogP contribution in [0.25, 0.3) is 0 Å². The van der Waals surface area contributed by atoms with E-state index in [-0.39, 0.29) is 38.5 Å². The lowest BCUT2D eigenvalue weighted by Crippen LogP contribution is -2.52. The first-order valence-electron chi connectivity index (χ1n) is 21.9. The van der Waals surface area contributed by atoms with Crippen LogP contribution >= 0.6 is 7.82 Å². The summed E-state index contributed by atoms with van der Waals surface area (Å²) in [4.78, 5) is 101. The van der Waals surface area contributed by atoms with Gasteiger partial charge in [-0.2, -0.15) is 0 Å². The van der Waals surface area contributed by atoms with Gasteiger partial charge in [-0.15, -0.1) is 0 Å². The highest BCUT2D eigenvalue weighted by atomic mass is 31.2. The zero-order valence-electron chi connectivity index (χ0n) is 37.3. The van der Waals surface area contributed by atoms with Crippen molar-refractivity contribution in [3.05, 3.63) is 54.1 Å². The number of aliphatic hydroxyl groups excluding tert-OH is 1. The van der Waals surface area contributed by atoms with Gasteiger partial charge < -0.3 is 35.7 Å². The predicted octanol–water partition coefficient (Wildman–Crippen LogP) is 3.49. The average Bonchev–Trinajstić information content (AvgIpc) is 3.85. The van der Waals surface area contributed by atoms with Crippen LogP contribution in [0.2, 0.25) is 0 Å². The molecule has 1 aromatic heterocycles. The molecule has 63 heavy (non-hydrogen) atoms. The number of imidazole rings is 1. The third-order valence-corrected chi connectivity index (χ3v) is 12.0. The molecule has 1 aromatic carbocycles. The summed E-state index contributed by atoms with van der Waals surface area (Å²) in [5.41, 5.74) is 2.10. The first-order valence-corrected chi connectivity index (χ1v) is 23.4. The fraction of sp³-hybridized carbons (Fsp3) is 0.667. The number of carbonyl (C=O) groups is 6. The van der Waals surface area contributed by atoms with Crippen LogP contribution in [0.15, 0.2) is 42.9 Å². The molecule has 2 aromatic rings. The molecule has 354 valence electrons. The minimum Gasteiger partial charge on any atom is -0.394 e. The fourth-order valence-electron chi connectivity index (χ4n) is 8.12. The summed E-state index contributed by atoms with van der Waals surface area (Å²) in [5.74, 6) is -5.82. The summed E-state index contributed by atoms with van der Waals surface area (Å²) < 4.78 is 20.1. The number of phosphoric ester groups is 1. The lowest BCUT2D eigenvalue weighted by atomic mass is 9.89. The van der Waals surface area contributed by atoms with E-state index in [0.717, 1.165) is 50.6 Å². The number of aliphatic hydroxyl groups is 1. The van der Waals surface area contributed by atoms with Crippen molar-refractivity contribution >= 4 is 43.0 Å². The smallest absolute Gasteiger partial charge is 0.394 e. The van der Waals surface area contributed by atoms with E-state index in [1.165, 1.54) is 31.4 Å². The highest BCUT2D eigenvalue weighted by molar-refractivity contribution is 7.46. The molecule has 0 saturated carbocycles. The zero-order chi connectivity index (χ0) is 46.0. The number of aromatic nitrogens is 2. The number of nitrogens with zero attached hydrogens (tertiary/aromatic N) is 3. The summed E-state index contributed by atoms with van der Waals surface area (Å²) in [6.45, 7) is 6.67. The van der Waals surface area contributed by atoms with Crippen LogP contribution in [0.1, 0.15) is 117 Å². The van der Waals surface area contributed by atoms with E-state index in [0.29, 0.717) is 25.9 Å². The fourth-order valence-corrected chi connectivity index (χ4v) is 8.70. The molecular formula is C45H74N6O11P+. The molecule has 3 rings (SSSR count). The monoisotopic (exact) mass is 906 g/mol. The zero-order valence-corrected chi connectivity index (χ0v) is 38.2. The number of aryl methyl sites for hydroxylation is 3. The lowest BCUT2D eigenvalue weighted by Gasteiger charge is -2.27. The van der Waals surface area contributed by atoms with E-state index in [1.54, 1.807) is 0 Å². The number of carbonyl (C=O) groups excluding carboxylic acids is 6. The summed E-state index contributed by atoms with van der Waals surface area (Å²) in [6.07, 6.45) is 10.3. The number of amides is 4. The highest BCUT2D eigenvalue weighted by Crippen LogP contribution is 2.39. The van der Waals surface area contributed by atoms with Crippen LogP contribution in [0.3, 0.4) is 0 Å². The number of hydrogen-bond donors (Lipinski definition) is 6. The quantitative estimate of drug-likeness (QED) is 0.0411. The molecule has 4 amide bonds. The van der Waals surface area contributed by atoms with Crippen molar-refractivity contribution in [1.82, 2.24) is 25.4 Å². The molecule has 0 bridgehead atoms. The molecule has 0 spiro atoms. The maximum absolute atomic E-state index is 14.3. The Morgan fingerprint density at radius 2 is 1.54 bits per heavy atom. The molecule has 1 aliphatic rings. The Morgan fingerprint density at radius 3 is 2.14 bits per heavy atom. The molecule has 1 fully saturated rings. The third kappa shape index (κ3) is 18.8. The van der Waals surface area contributed by atoms with E-state index in [4.69, 9.17) is 4.52 Å². The summed E-state index contributed by atoms with van der Waals surface area (Å²) in [5, 5.41) is 18.1. The first-order chi connectivity index (χ1) is 29.3. The number of unbranched alkanes of at least 4 members (excludes halogenated alkanes) is 5. The van der Waals surface area contributed by atoms with Crippen molar-refractivity contribution < 1.29 is 57.3 Å². The van der Waals surface area contributed by atoms with Gasteiger partial charge in [0.05, 0.1) is 44.2 Å². The number of rotatable bonds is 28. The molecule has 17 nitrogen and oxygen atoms in total. The average molecular weight is 906 g/mol. The van der Waals surface area contributed by atoms with Gasteiger partial charge in [0.1, 0.15) is 24.0 Å². The van der Waals surface area contributed by atoms with E-state index < -0.39 is 86.2 Å². The number of likely N-dealkylation sites (tertiary alicyclic amines) is 1. The van der Waals surface area contributed by atoms with Gasteiger partial charge in [0, 0.05) is 39.8 Å². The predicted molar refractivity (Wildman–Crippen MR) is 238 cm³/mol. The molecule has 0 unspecified atom stereocenters. The van der Waals surface area contributed by atoms with Crippen LogP contribution in [0.4, 0.5) is 0 Å². The molecule has 0 aliphatic carbocycles. The minimum atomic E-state index is -5.04. The van der Waals surface area contributed by atoms with Crippen molar-refractivity contribution in [2.45, 2.75) is 149 Å². The maximum Gasteiger partial charge on any atom is 0.469 e. The van der Waals surface area contributed by atoms with Crippen LogP contribution in [0, 0.1) is 17.8 Å². The van der Waals surface area contributed by atoms with E-state index >= 15 is 0 Å². The Kier molecular flexibility index (Phi) is 23.6. The topological polar surface area (TPSA) is 238 Å². The molecule has 1 saturated heterocycles. The van der Waals surface area contributed by atoms with Gasteiger partial charge in [-0.3, -0.25) is 33.3 Å². The number of nitrogens with one attached hydrogen (secondary N) is 3. The largest absolute Gasteiger partial charge is 0.469 e. The Labute approximate surface area is 373 Å². The maximum atomic E-state index is 14.3. The van der Waals surface area contributed by atoms with Gasteiger partial charge >= 0.3 is 7.82 Å². The lowest BCUT2D eigenvalue weighted by molar-refractivity contribution is -0.671. The van der Waals surface area contributed by atoms with Gasteiger partial charge in [0.2, 0.25) is 30.0 Å². The van der Waals surface area contributed by atoms with E-state index in [1.807, 2.05) is 48.6 Å². The second kappa shape index (κ2) is 27.1. The van der Waals surface area contributed by atoms with Crippen molar-refractivity contribution in [3.63, 3.8) is 0 Å². The summed E-state index contributed by atoms with van der Waals surface area (Å²) in [7, 11) is -1.90. The molecular weight excluding hydrogens is 831 g/mol. The molecule has 1 aliphatic heterocycles. The Balaban J connectivity index is 0.0000137. The van der Waals surface area contributed by atoms with Crippen molar-refractivity contribution in [3.8, 4) is 0 Å². The van der Waals surface area contributed by atoms with Crippen molar-refractivity contribution in [1.29, 1.82) is 0 Å². The number of benzene rings is 1. The van der Waals surface area contributed by atoms with E-state index in [9.17, 15) is 48.2 Å². The van der Waals surface area contributed by atoms with Crippen molar-refractivity contribution in [2.75, 3.05) is 20.2 Å². The van der Waals surface area contributed by atoms with Crippen LogP contribution in [0.5, 0.6) is 0 Å². The van der Waals surface area contributed by atoms with Gasteiger partial charge in [-0.25, -0.2) is 13.7 Å². The number of Topliss-reactive ketones (excluding diaryl/α,β-unsaturated/α-hetero) is 2. The number of hydrogen-bond acceptors (Lipinski definition) is 9. The van der Waals surface area contributed by atoms with Gasteiger partial charge in [0.15, 0.2) is 11.6 Å². The van der Waals surface area contributed by atoms with Crippen LogP contribution in [-0.2, 0) is 64.3 Å². The van der Waals surface area contributed by atoms with Crippen LogP contribution < -0.4 is 20.5 Å². The first kappa shape index (κ1) is 54.9. The minimum absolute atomic E-state index is 0. The third-order valence-electron chi connectivity index (χ3n) is 11.4. The second-order valence-electron chi connectivity index (χ2n) is 17.0. The van der Waals surface area contributed by atoms with E-state index in [2.05, 4.69) is 40.2 Å². The molecule has 6 N–H and O–H groups in total. The standard InChI is InChI=1S/C44H69N6O11P.CH4/c1-30(2)23-37(46-44(57)39-20-16-22-50(39)32(4)52)40(53)25-34(42(55)47-38(28-51)41(54)26-36(43(56)45-5)31(3)61-62(58,59)60)24-35-27-48(6)29-49(35)21-15-10-8-7-9-12-17-33-18-13-11-14-19-33;/h11,13-14,18-19,27,29-31,34,36-39,51H,7-10,12,15-17,20-26,28H2,1-6H3,(H4-,45,46,47,55,56,57,58,59,60);1H4/p+1/t31-,34-,36+,37+,38+,39+;/m1./s1. The summed E-state index contributed by atoms with van der Waals surface area (Å²) in [6, 6.07) is 7.22. The molecule has 18 heteroatoms. The van der Waals surface area contributed by atoms with Gasteiger partial charge in [-0.1, -0.05) is 70.9 Å². The molecule has 6 atom stereocenters. The van der Waals surface area contributed by atoms with Gasteiger partial charge in [0.25, 0.3) is 0 Å².